The van der Waals surface area contributed by atoms with E-state index in [0.29, 0.717) is 11.6 Å². The summed E-state index contributed by atoms with van der Waals surface area (Å²) in [6.45, 7) is 6.30. The fourth-order valence-electron chi connectivity index (χ4n) is 1.33. The summed E-state index contributed by atoms with van der Waals surface area (Å²) in [4.78, 5) is 11.4. The second-order valence-corrected chi connectivity index (χ2v) is 4.09. The Morgan fingerprint density at radius 3 is 2.69 bits per heavy atom. The lowest BCUT2D eigenvalue weighted by atomic mass is 10.4. The highest BCUT2D eigenvalue weighted by Crippen LogP contribution is 2.18. The summed E-state index contributed by atoms with van der Waals surface area (Å²) in [5, 5.41) is 4.77. The maximum atomic E-state index is 11.4. The predicted octanol–water partition coefficient (Wildman–Crippen LogP) is 2.50. The van der Waals surface area contributed by atoms with E-state index in [1.54, 1.807) is 4.68 Å². The van der Waals surface area contributed by atoms with Crippen LogP contribution in [0.2, 0.25) is 5.02 Å². The van der Waals surface area contributed by atoms with Gasteiger partial charge in [0.2, 0.25) is 0 Å². The molecule has 0 aromatic carbocycles. The third-order valence-corrected chi connectivity index (χ3v) is 2.88. The van der Waals surface area contributed by atoms with Gasteiger partial charge in [0.05, 0.1) is 23.0 Å². The highest BCUT2D eigenvalue weighted by molar-refractivity contribution is 6.31. The molecule has 0 atom stereocenters. The summed E-state index contributed by atoms with van der Waals surface area (Å²) in [7, 11) is 0. The number of rotatable bonds is 5. The second-order valence-electron chi connectivity index (χ2n) is 3.72. The molecule has 1 rings (SSSR count). The van der Waals surface area contributed by atoms with E-state index < -0.39 is 0 Å². The van der Waals surface area contributed by atoms with E-state index in [1.165, 1.54) is 0 Å². The average Bonchev–Trinajstić information content (AvgIpc) is 2.47. The molecule has 5 heteroatoms. The molecular weight excluding hydrogens is 228 g/mol. The van der Waals surface area contributed by atoms with Crippen LogP contribution in [0.15, 0.2) is 0 Å². The first-order valence-corrected chi connectivity index (χ1v) is 5.79. The van der Waals surface area contributed by atoms with Crippen LogP contribution in [0.3, 0.4) is 0 Å². The maximum Gasteiger partial charge on any atom is 0.327 e. The number of halogens is 1. The minimum atomic E-state index is -0.268. The van der Waals surface area contributed by atoms with Crippen molar-refractivity contribution >= 4 is 17.6 Å². The number of hydrogen-bond acceptors (Lipinski definition) is 3. The van der Waals surface area contributed by atoms with Crippen molar-refractivity contribution in [3.05, 3.63) is 16.4 Å². The predicted molar refractivity (Wildman–Crippen MR) is 62.6 cm³/mol. The number of unbranched alkanes of at least 4 members (excludes halogenated alkanes) is 1. The SMILES string of the molecule is CCCCOC(=O)Cn1nc(C)c(Cl)c1C. The van der Waals surface area contributed by atoms with Gasteiger partial charge >= 0.3 is 5.97 Å². The van der Waals surface area contributed by atoms with E-state index in [1.807, 2.05) is 13.8 Å². The molecule has 1 aromatic rings. The molecule has 1 heterocycles. The van der Waals surface area contributed by atoms with E-state index >= 15 is 0 Å². The molecule has 0 aliphatic heterocycles. The van der Waals surface area contributed by atoms with Crippen LogP contribution in [-0.4, -0.2) is 22.4 Å². The van der Waals surface area contributed by atoms with E-state index in [2.05, 4.69) is 12.0 Å². The van der Waals surface area contributed by atoms with Crippen molar-refractivity contribution in [2.45, 2.75) is 40.2 Å². The molecule has 0 fully saturated rings. The van der Waals surface area contributed by atoms with Crippen LogP contribution in [-0.2, 0) is 16.1 Å². The molecule has 0 spiro atoms. The van der Waals surface area contributed by atoms with Gasteiger partial charge in [0, 0.05) is 0 Å². The molecular formula is C11H17ClN2O2. The molecule has 0 saturated carbocycles. The monoisotopic (exact) mass is 244 g/mol. The first-order chi connectivity index (χ1) is 7.56. The highest BCUT2D eigenvalue weighted by atomic mass is 35.5. The van der Waals surface area contributed by atoms with Gasteiger partial charge in [-0.3, -0.25) is 9.48 Å². The lowest BCUT2D eigenvalue weighted by molar-refractivity contribution is -0.144. The van der Waals surface area contributed by atoms with Gasteiger partial charge in [0.1, 0.15) is 6.54 Å². The van der Waals surface area contributed by atoms with E-state index in [9.17, 15) is 4.79 Å². The molecule has 0 N–H and O–H groups in total. The van der Waals surface area contributed by atoms with Gasteiger partial charge in [-0.05, 0) is 20.3 Å². The molecule has 0 amide bonds. The van der Waals surface area contributed by atoms with Crippen molar-refractivity contribution < 1.29 is 9.53 Å². The summed E-state index contributed by atoms with van der Waals surface area (Å²) in [6.07, 6.45) is 1.91. The molecule has 0 unspecified atom stereocenters. The zero-order valence-corrected chi connectivity index (χ0v) is 10.7. The summed E-state index contributed by atoms with van der Waals surface area (Å²) in [5.74, 6) is -0.268. The maximum absolute atomic E-state index is 11.4. The van der Waals surface area contributed by atoms with E-state index in [0.717, 1.165) is 24.2 Å². The van der Waals surface area contributed by atoms with Crippen molar-refractivity contribution in [1.29, 1.82) is 0 Å². The Hall–Kier alpha value is -1.03. The molecule has 0 bridgehead atoms. The number of aromatic nitrogens is 2. The van der Waals surface area contributed by atoms with Crippen LogP contribution in [0.5, 0.6) is 0 Å². The fourth-order valence-corrected chi connectivity index (χ4v) is 1.46. The minimum absolute atomic E-state index is 0.128. The van der Waals surface area contributed by atoms with Crippen molar-refractivity contribution in [3.63, 3.8) is 0 Å². The molecule has 90 valence electrons. The van der Waals surface area contributed by atoms with Crippen LogP contribution in [0.4, 0.5) is 0 Å². The van der Waals surface area contributed by atoms with Crippen molar-refractivity contribution in [3.8, 4) is 0 Å². The normalized spacial score (nSPS) is 10.5. The van der Waals surface area contributed by atoms with Crippen molar-refractivity contribution in [2.24, 2.45) is 0 Å². The molecule has 0 saturated heterocycles. The first kappa shape index (κ1) is 13.0. The van der Waals surface area contributed by atoms with E-state index in [4.69, 9.17) is 16.3 Å². The van der Waals surface area contributed by atoms with Gasteiger partial charge in [0.25, 0.3) is 0 Å². The summed E-state index contributed by atoms with van der Waals surface area (Å²) < 4.78 is 6.62. The topological polar surface area (TPSA) is 44.1 Å². The lowest BCUT2D eigenvalue weighted by Crippen LogP contribution is -2.16. The average molecular weight is 245 g/mol. The van der Waals surface area contributed by atoms with Crippen LogP contribution >= 0.6 is 11.6 Å². The number of esters is 1. The molecule has 1 aromatic heterocycles. The molecule has 0 aliphatic carbocycles. The number of ether oxygens (including phenoxy) is 1. The molecule has 0 radical (unpaired) electrons. The van der Waals surface area contributed by atoms with Gasteiger partial charge < -0.3 is 4.74 Å². The van der Waals surface area contributed by atoms with Crippen molar-refractivity contribution in [2.75, 3.05) is 6.61 Å². The number of carbonyl (C=O) groups is 1. The standard InChI is InChI=1S/C11H17ClN2O2/c1-4-5-6-16-10(15)7-14-9(3)11(12)8(2)13-14/h4-7H2,1-3H3. The Morgan fingerprint density at radius 2 is 2.19 bits per heavy atom. The van der Waals surface area contributed by atoms with Crippen LogP contribution in [0.1, 0.15) is 31.2 Å². The number of aryl methyl sites for hydroxylation is 1. The van der Waals surface area contributed by atoms with E-state index in [-0.39, 0.29) is 12.5 Å². The van der Waals surface area contributed by atoms with Gasteiger partial charge in [0.15, 0.2) is 0 Å². The number of carbonyl (C=O) groups excluding carboxylic acids is 1. The third-order valence-electron chi connectivity index (χ3n) is 2.33. The Balaban J connectivity index is 2.53. The van der Waals surface area contributed by atoms with Crippen LogP contribution in [0, 0.1) is 13.8 Å². The smallest absolute Gasteiger partial charge is 0.327 e. The summed E-state index contributed by atoms with van der Waals surface area (Å²) in [5.41, 5.74) is 1.53. The highest BCUT2D eigenvalue weighted by Gasteiger charge is 2.12. The summed E-state index contributed by atoms with van der Waals surface area (Å²) in [6, 6.07) is 0. The number of nitrogens with zero attached hydrogens (tertiary/aromatic N) is 2. The fraction of sp³-hybridized carbons (Fsp3) is 0.636. The Labute approximate surface area is 101 Å². The summed E-state index contributed by atoms with van der Waals surface area (Å²) >= 11 is 5.97. The van der Waals surface area contributed by atoms with Gasteiger partial charge in [-0.25, -0.2) is 0 Å². The minimum Gasteiger partial charge on any atom is -0.464 e. The van der Waals surface area contributed by atoms with Gasteiger partial charge in [-0.1, -0.05) is 24.9 Å². The third kappa shape index (κ3) is 3.23. The van der Waals surface area contributed by atoms with Gasteiger partial charge in [-0.15, -0.1) is 0 Å². The largest absolute Gasteiger partial charge is 0.464 e. The quantitative estimate of drug-likeness (QED) is 0.591. The Morgan fingerprint density at radius 1 is 1.50 bits per heavy atom. The Bertz CT molecular complexity index is 374. The molecule has 16 heavy (non-hydrogen) atoms. The molecule has 0 aliphatic rings. The van der Waals surface area contributed by atoms with Crippen molar-refractivity contribution in [1.82, 2.24) is 9.78 Å². The zero-order chi connectivity index (χ0) is 12.1. The molecule has 4 nitrogen and oxygen atoms in total. The Kier molecular flexibility index (Phi) is 4.80. The first-order valence-electron chi connectivity index (χ1n) is 5.41. The van der Waals surface area contributed by atoms with Gasteiger partial charge in [-0.2, -0.15) is 5.10 Å². The van der Waals surface area contributed by atoms with Crippen LogP contribution in [0.25, 0.3) is 0 Å². The van der Waals surface area contributed by atoms with Crippen LogP contribution < -0.4 is 0 Å². The zero-order valence-electron chi connectivity index (χ0n) is 9.92. The number of hydrogen-bond donors (Lipinski definition) is 0. The lowest BCUT2D eigenvalue weighted by Gasteiger charge is -2.05. The second kappa shape index (κ2) is 5.89.